The lowest BCUT2D eigenvalue weighted by Crippen LogP contribution is -2.39. The molecule has 1 aliphatic carbocycles. The Morgan fingerprint density at radius 2 is 2.16 bits per heavy atom. The Bertz CT molecular complexity index is 292. The molecule has 19 heavy (non-hydrogen) atoms. The van der Waals surface area contributed by atoms with Crippen molar-refractivity contribution in [3.63, 3.8) is 0 Å². The summed E-state index contributed by atoms with van der Waals surface area (Å²) in [6.07, 6.45) is 7.04. The minimum atomic E-state index is 0.0355. The summed E-state index contributed by atoms with van der Waals surface area (Å²) in [5.41, 5.74) is 0. The molecule has 1 heterocycles. The van der Waals surface area contributed by atoms with Crippen LogP contribution in [0.25, 0.3) is 0 Å². The highest BCUT2D eigenvalue weighted by molar-refractivity contribution is 5.84. The van der Waals surface area contributed by atoms with Crippen molar-refractivity contribution < 1.29 is 9.53 Å². The Balaban J connectivity index is 1.73. The molecule has 0 radical (unpaired) electrons. The number of rotatable bonds is 9. The van der Waals surface area contributed by atoms with Gasteiger partial charge in [0.1, 0.15) is 0 Å². The van der Waals surface area contributed by atoms with Gasteiger partial charge in [0, 0.05) is 13.2 Å². The summed E-state index contributed by atoms with van der Waals surface area (Å²) in [5.74, 6) is 1.07. The maximum atomic E-state index is 12.3. The van der Waals surface area contributed by atoms with Crippen molar-refractivity contribution in [1.82, 2.24) is 10.2 Å². The van der Waals surface area contributed by atoms with E-state index in [0.717, 1.165) is 44.8 Å². The van der Waals surface area contributed by atoms with Gasteiger partial charge in [0.15, 0.2) is 0 Å². The highest BCUT2D eigenvalue weighted by Crippen LogP contribution is 2.28. The highest BCUT2D eigenvalue weighted by atomic mass is 16.5. The number of hydrogen-bond donors (Lipinski definition) is 1. The number of ether oxygens (including phenoxy) is 1. The van der Waals surface area contributed by atoms with Crippen molar-refractivity contribution >= 4 is 5.91 Å². The molecule has 2 rings (SSSR count). The molecular formula is C15H28N2O2. The summed E-state index contributed by atoms with van der Waals surface area (Å²) >= 11 is 0. The van der Waals surface area contributed by atoms with Crippen LogP contribution in [0.5, 0.6) is 0 Å². The van der Waals surface area contributed by atoms with Gasteiger partial charge in [-0.05, 0) is 31.6 Å². The normalized spacial score (nSPS) is 27.3. The number of nitrogens with one attached hydrogen (secondary N) is 1. The quantitative estimate of drug-likeness (QED) is 0.651. The Hall–Kier alpha value is -0.610. The summed E-state index contributed by atoms with van der Waals surface area (Å²) < 4.78 is 5.66. The van der Waals surface area contributed by atoms with E-state index in [4.69, 9.17) is 4.74 Å². The van der Waals surface area contributed by atoms with E-state index in [-0.39, 0.29) is 18.1 Å². The standard InChI is InChI=1S/C15H28N2O2/c1-3-5-6-13-15(18)17(14(4-2)16-13)9-10-19-11-12-7-8-12/h12-14,16H,3-11H2,1-2H3. The van der Waals surface area contributed by atoms with Crippen LogP contribution in [0.15, 0.2) is 0 Å². The van der Waals surface area contributed by atoms with Crippen LogP contribution in [0.1, 0.15) is 52.4 Å². The fourth-order valence-electron chi connectivity index (χ4n) is 2.66. The molecule has 1 amide bonds. The molecule has 0 aromatic heterocycles. The molecule has 2 unspecified atom stereocenters. The van der Waals surface area contributed by atoms with Gasteiger partial charge < -0.3 is 9.64 Å². The van der Waals surface area contributed by atoms with Gasteiger partial charge in [-0.2, -0.15) is 0 Å². The van der Waals surface area contributed by atoms with E-state index in [0.29, 0.717) is 6.61 Å². The second-order valence-corrected chi connectivity index (χ2v) is 5.84. The molecule has 4 nitrogen and oxygen atoms in total. The van der Waals surface area contributed by atoms with Crippen LogP contribution >= 0.6 is 0 Å². The second-order valence-electron chi connectivity index (χ2n) is 5.84. The average molecular weight is 268 g/mol. The maximum absolute atomic E-state index is 12.3. The van der Waals surface area contributed by atoms with Crippen LogP contribution in [0.4, 0.5) is 0 Å². The third-order valence-electron chi connectivity index (χ3n) is 4.11. The third-order valence-corrected chi connectivity index (χ3v) is 4.11. The van der Waals surface area contributed by atoms with Gasteiger partial charge in [0.25, 0.3) is 0 Å². The molecule has 0 aromatic carbocycles. The minimum absolute atomic E-state index is 0.0355. The molecule has 4 heteroatoms. The Labute approximate surface area is 116 Å². The lowest BCUT2D eigenvalue weighted by atomic mass is 10.1. The molecule has 1 saturated carbocycles. The van der Waals surface area contributed by atoms with Crippen LogP contribution in [-0.2, 0) is 9.53 Å². The van der Waals surface area contributed by atoms with Crippen molar-refractivity contribution in [2.75, 3.05) is 19.8 Å². The van der Waals surface area contributed by atoms with Crippen molar-refractivity contribution in [3.8, 4) is 0 Å². The van der Waals surface area contributed by atoms with E-state index in [1.807, 2.05) is 4.90 Å². The molecule has 1 saturated heterocycles. The Morgan fingerprint density at radius 3 is 2.79 bits per heavy atom. The zero-order chi connectivity index (χ0) is 13.7. The predicted octanol–water partition coefficient (Wildman–Crippen LogP) is 2.14. The fraction of sp³-hybridized carbons (Fsp3) is 0.933. The Morgan fingerprint density at radius 1 is 1.37 bits per heavy atom. The van der Waals surface area contributed by atoms with Crippen LogP contribution in [-0.4, -0.2) is 42.8 Å². The Kier molecular flexibility index (Phi) is 5.64. The zero-order valence-corrected chi connectivity index (χ0v) is 12.4. The van der Waals surface area contributed by atoms with Gasteiger partial charge in [-0.15, -0.1) is 0 Å². The first kappa shape index (κ1) is 14.8. The van der Waals surface area contributed by atoms with E-state index >= 15 is 0 Å². The lowest BCUT2D eigenvalue weighted by Gasteiger charge is -2.22. The van der Waals surface area contributed by atoms with E-state index < -0.39 is 0 Å². The van der Waals surface area contributed by atoms with Crippen molar-refractivity contribution in [2.24, 2.45) is 5.92 Å². The first-order valence-electron chi connectivity index (χ1n) is 7.90. The van der Waals surface area contributed by atoms with E-state index in [2.05, 4.69) is 19.2 Å². The number of nitrogens with zero attached hydrogens (tertiary/aromatic N) is 1. The van der Waals surface area contributed by atoms with Gasteiger partial charge in [-0.3, -0.25) is 10.1 Å². The summed E-state index contributed by atoms with van der Waals surface area (Å²) in [4.78, 5) is 14.3. The summed E-state index contributed by atoms with van der Waals surface area (Å²) in [5, 5.41) is 3.46. The molecule has 2 aliphatic rings. The lowest BCUT2D eigenvalue weighted by molar-refractivity contribution is -0.131. The smallest absolute Gasteiger partial charge is 0.241 e. The van der Waals surface area contributed by atoms with Crippen LogP contribution in [0.3, 0.4) is 0 Å². The van der Waals surface area contributed by atoms with Crippen LogP contribution in [0.2, 0.25) is 0 Å². The van der Waals surface area contributed by atoms with Crippen molar-refractivity contribution in [3.05, 3.63) is 0 Å². The summed E-state index contributed by atoms with van der Waals surface area (Å²) in [7, 11) is 0. The third kappa shape index (κ3) is 4.18. The molecule has 110 valence electrons. The second kappa shape index (κ2) is 7.25. The van der Waals surface area contributed by atoms with Crippen molar-refractivity contribution in [1.29, 1.82) is 0 Å². The number of carbonyl (C=O) groups is 1. The first-order chi connectivity index (χ1) is 9.26. The van der Waals surface area contributed by atoms with E-state index in [1.54, 1.807) is 0 Å². The molecule has 2 atom stereocenters. The van der Waals surface area contributed by atoms with Crippen LogP contribution in [0, 0.1) is 5.92 Å². The fourth-order valence-corrected chi connectivity index (χ4v) is 2.66. The van der Waals surface area contributed by atoms with Gasteiger partial charge >= 0.3 is 0 Å². The molecule has 0 bridgehead atoms. The molecule has 0 aromatic rings. The number of unbranched alkanes of at least 4 members (excludes halogenated alkanes) is 1. The van der Waals surface area contributed by atoms with Gasteiger partial charge in [0.2, 0.25) is 5.91 Å². The molecule has 1 aliphatic heterocycles. The molecule has 1 N–H and O–H groups in total. The minimum Gasteiger partial charge on any atom is -0.379 e. The van der Waals surface area contributed by atoms with Crippen molar-refractivity contribution in [2.45, 2.75) is 64.6 Å². The average Bonchev–Trinajstić information content (AvgIpc) is 3.19. The summed E-state index contributed by atoms with van der Waals surface area (Å²) in [6, 6.07) is 0.0355. The number of carbonyl (C=O) groups excluding carboxylic acids is 1. The number of amides is 1. The van der Waals surface area contributed by atoms with Crippen LogP contribution < -0.4 is 5.32 Å². The SMILES string of the molecule is CCCCC1NC(CC)N(CCOCC2CC2)C1=O. The first-order valence-corrected chi connectivity index (χ1v) is 7.90. The predicted molar refractivity (Wildman–Crippen MR) is 75.8 cm³/mol. The zero-order valence-electron chi connectivity index (χ0n) is 12.4. The number of hydrogen-bond acceptors (Lipinski definition) is 3. The van der Waals surface area contributed by atoms with Gasteiger partial charge in [-0.25, -0.2) is 0 Å². The summed E-state index contributed by atoms with van der Waals surface area (Å²) in [6.45, 7) is 6.59. The maximum Gasteiger partial charge on any atom is 0.241 e. The molecule has 0 spiro atoms. The van der Waals surface area contributed by atoms with E-state index in [9.17, 15) is 4.79 Å². The topological polar surface area (TPSA) is 41.6 Å². The van der Waals surface area contributed by atoms with E-state index in [1.165, 1.54) is 12.8 Å². The van der Waals surface area contributed by atoms with Gasteiger partial charge in [0.05, 0.1) is 18.8 Å². The monoisotopic (exact) mass is 268 g/mol. The highest BCUT2D eigenvalue weighted by Gasteiger charge is 2.36. The molecule has 2 fully saturated rings. The molecular weight excluding hydrogens is 240 g/mol. The largest absolute Gasteiger partial charge is 0.379 e. The van der Waals surface area contributed by atoms with Gasteiger partial charge in [-0.1, -0.05) is 26.7 Å².